The van der Waals surface area contributed by atoms with Crippen molar-refractivity contribution in [3.8, 4) is 0 Å². The van der Waals surface area contributed by atoms with Crippen LogP contribution in [0.25, 0.3) is 0 Å². The van der Waals surface area contributed by atoms with Crippen molar-refractivity contribution in [3.05, 3.63) is 0 Å². The van der Waals surface area contributed by atoms with Gasteiger partial charge < -0.3 is 14.4 Å². The van der Waals surface area contributed by atoms with E-state index in [4.69, 9.17) is 9.47 Å². The average Bonchev–Trinajstić information content (AvgIpc) is 2.36. The normalized spacial score (nSPS) is 19.2. The molecule has 1 heterocycles. The molecule has 1 unspecified atom stereocenters. The van der Waals surface area contributed by atoms with E-state index in [1.165, 1.54) is 0 Å². The summed E-state index contributed by atoms with van der Waals surface area (Å²) in [4.78, 5) is 25.4. The fourth-order valence-corrected chi connectivity index (χ4v) is 1.94. The lowest BCUT2D eigenvalue weighted by atomic mass is 9.97. The molecule has 1 saturated heterocycles. The molecule has 0 radical (unpaired) electrons. The fourth-order valence-electron chi connectivity index (χ4n) is 1.94. The van der Waals surface area contributed by atoms with Crippen molar-refractivity contribution in [1.29, 1.82) is 0 Å². The third kappa shape index (κ3) is 5.59. The molecule has 1 fully saturated rings. The number of nitrogens with zero attached hydrogens (tertiary/aromatic N) is 1. The minimum absolute atomic E-state index is 0.0144. The summed E-state index contributed by atoms with van der Waals surface area (Å²) in [6.45, 7) is 7.29. The molecule has 0 saturated carbocycles. The van der Waals surface area contributed by atoms with E-state index in [1.807, 2.05) is 0 Å². The van der Waals surface area contributed by atoms with E-state index in [0.29, 0.717) is 0 Å². The highest BCUT2D eigenvalue weighted by Gasteiger charge is 2.26. The number of carbonyl (C=O) groups excluding carboxylic acids is 2. The molecule has 0 aromatic heterocycles. The Balaban J connectivity index is 2.26. The summed E-state index contributed by atoms with van der Waals surface area (Å²) in [5, 5.41) is 0. The molecule has 0 amide bonds. The standard InChI is InChI=1S/C14H25NO4/c1-10(2)13(16)18-9-11(3)19-14(17)12-5-7-15(4)8-6-12/h10-12H,5-9H2,1-4H3. The van der Waals surface area contributed by atoms with Gasteiger partial charge in [0.1, 0.15) is 12.7 Å². The van der Waals surface area contributed by atoms with Crippen molar-refractivity contribution in [2.24, 2.45) is 11.8 Å². The monoisotopic (exact) mass is 271 g/mol. The van der Waals surface area contributed by atoms with Crippen LogP contribution in [0.4, 0.5) is 0 Å². The summed E-state index contributed by atoms with van der Waals surface area (Å²) in [5.41, 5.74) is 0. The maximum Gasteiger partial charge on any atom is 0.309 e. The fraction of sp³-hybridized carbons (Fsp3) is 0.857. The summed E-state index contributed by atoms with van der Waals surface area (Å²) in [5.74, 6) is -0.598. The molecule has 0 N–H and O–H groups in total. The van der Waals surface area contributed by atoms with Crippen LogP contribution in [-0.4, -0.2) is 49.7 Å². The molecule has 0 aromatic carbocycles. The van der Waals surface area contributed by atoms with Gasteiger partial charge in [-0.1, -0.05) is 13.8 Å². The largest absolute Gasteiger partial charge is 0.462 e. The minimum atomic E-state index is -0.380. The number of ether oxygens (including phenoxy) is 2. The second kappa shape index (κ2) is 7.48. The summed E-state index contributed by atoms with van der Waals surface area (Å²) < 4.78 is 10.4. The first-order valence-electron chi connectivity index (χ1n) is 6.95. The molecule has 0 aromatic rings. The Morgan fingerprint density at radius 1 is 1.21 bits per heavy atom. The second-order valence-electron chi connectivity index (χ2n) is 5.61. The molecule has 5 heteroatoms. The van der Waals surface area contributed by atoms with Gasteiger partial charge in [0.05, 0.1) is 11.8 Å². The quantitative estimate of drug-likeness (QED) is 0.709. The van der Waals surface area contributed by atoms with Gasteiger partial charge >= 0.3 is 11.9 Å². The maximum atomic E-state index is 11.9. The summed E-state index contributed by atoms with van der Waals surface area (Å²) >= 11 is 0. The van der Waals surface area contributed by atoms with E-state index in [1.54, 1.807) is 20.8 Å². The van der Waals surface area contributed by atoms with E-state index in [2.05, 4.69) is 11.9 Å². The van der Waals surface area contributed by atoms with Gasteiger partial charge in [-0.2, -0.15) is 0 Å². The Bertz CT molecular complexity index is 309. The lowest BCUT2D eigenvalue weighted by molar-refractivity contribution is -0.163. The van der Waals surface area contributed by atoms with E-state index < -0.39 is 0 Å². The highest BCUT2D eigenvalue weighted by atomic mass is 16.6. The van der Waals surface area contributed by atoms with Gasteiger partial charge in [0.15, 0.2) is 0 Å². The van der Waals surface area contributed by atoms with Gasteiger partial charge in [0.2, 0.25) is 0 Å². The summed E-state index contributed by atoms with van der Waals surface area (Å²) in [6.07, 6.45) is 1.30. The van der Waals surface area contributed by atoms with Gasteiger partial charge in [-0.3, -0.25) is 9.59 Å². The molecule has 5 nitrogen and oxygen atoms in total. The van der Waals surface area contributed by atoms with Crippen LogP contribution in [0.5, 0.6) is 0 Å². The van der Waals surface area contributed by atoms with Gasteiger partial charge in [-0.15, -0.1) is 0 Å². The van der Waals surface area contributed by atoms with Crippen LogP contribution in [0.3, 0.4) is 0 Å². The Kier molecular flexibility index (Phi) is 6.28. The highest BCUT2D eigenvalue weighted by Crippen LogP contribution is 2.18. The van der Waals surface area contributed by atoms with E-state index in [-0.39, 0.29) is 36.5 Å². The molecule has 19 heavy (non-hydrogen) atoms. The molecule has 1 atom stereocenters. The van der Waals surface area contributed by atoms with Crippen LogP contribution in [0.2, 0.25) is 0 Å². The minimum Gasteiger partial charge on any atom is -0.462 e. The molecule has 0 bridgehead atoms. The van der Waals surface area contributed by atoms with Crippen LogP contribution in [0, 0.1) is 11.8 Å². The zero-order chi connectivity index (χ0) is 14.4. The molecule has 0 aliphatic carbocycles. The molecule has 0 spiro atoms. The van der Waals surface area contributed by atoms with Crippen LogP contribution in [0.15, 0.2) is 0 Å². The maximum absolute atomic E-state index is 11.9. The Morgan fingerprint density at radius 3 is 2.32 bits per heavy atom. The summed E-state index contributed by atoms with van der Waals surface area (Å²) in [6, 6.07) is 0. The molecule has 1 aliphatic heterocycles. The van der Waals surface area contributed by atoms with Crippen molar-refractivity contribution in [2.45, 2.75) is 39.7 Å². The molecule has 110 valence electrons. The first-order valence-corrected chi connectivity index (χ1v) is 6.95. The first kappa shape index (κ1) is 16.0. The third-order valence-electron chi connectivity index (χ3n) is 3.30. The zero-order valence-electron chi connectivity index (χ0n) is 12.3. The number of piperidine rings is 1. The SMILES string of the molecule is CC(COC(=O)C(C)C)OC(=O)C1CCN(C)CC1. The van der Waals surface area contributed by atoms with Gasteiger partial charge in [0.25, 0.3) is 0 Å². The van der Waals surface area contributed by atoms with E-state index in [9.17, 15) is 9.59 Å². The molecule has 1 aliphatic rings. The van der Waals surface area contributed by atoms with Crippen molar-refractivity contribution in [3.63, 3.8) is 0 Å². The van der Waals surface area contributed by atoms with Crippen molar-refractivity contribution < 1.29 is 19.1 Å². The number of esters is 2. The lowest BCUT2D eigenvalue weighted by Gasteiger charge is -2.28. The number of hydrogen-bond donors (Lipinski definition) is 0. The van der Waals surface area contributed by atoms with Gasteiger partial charge in [-0.05, 0) is 39.9 Å². The smallest absolute Gasteiger partial charge is 0.309 e. The van der Waals surface area contributed by atoms with Crippen molar-refractivity contribution >= 4 is 11.9 Å². The Labute approximate surface area is 115 Å². The van der Waals surface area contributed by atoms with Gasteiger partial charge in [-0.25, -0.2) is 0 Å². The van der Waals surface area contributed by atoms with Crippen molar-refractivity contribution in [1.82, 2.24) is 4.90 Å². The molecular weight excluding hydrogens is 246 g/mol. The molecule has 1 rings (SSSR count). The second-order valence-corrected chi connectivity index (χ2v) is 5.61. The Morgan fingerprint density at radius 2 is 1.79 bits per heavy atom. The van der Waals surface area contributed by atoms with Crippen molar-refractivity contribution in [2.75, 3.05) is 26.7 Å². The van der Waals surface area contributed by atoms with E-state index >= 15 is 0 Å². The van der Waals surface area contributed by atoms with Crippen LogP contribution < -0.4 is 0 Å². The van der Waals surface area contributed by atoms with Crippen LogP contribution in [0.1, 0.15) is 33.6 Å². The van der Waals surface area contributed by atoms with Crippen LogP contribution in [-0.2, 0) is 19.1 Å². The molecular formula is C14H25NO4. The number of rotatable bonds is 5. The average molecular weight is 271 g/mol. The lowest BCUT2D eigenvalue weighted by Crippen LogP contribution is -2.36. The summed E-state index contributed by atoms with van der Waals surface area (Å²) in [7, 11) is 2.05. The number of hydrogen-bond acceptors (Lipinski definition) is 5. The zero-order valence-corrected chi connectivity index (χ0v) is 12.3. The first-order chi connectivity index (χ1) is 8.90. The topological polar surface area (TPSA) is 55.8 Å². The van der Waals surface area contributed by atoms with Crippen LogP contribution >= 0.6 is 0 Å². The Hall–Kier alpha value is -1.10. The van der Waals surface area contributed by atoms with E-state index in [0.717, 1.165) is 25.9 Å². The predicted molar refractivity (Wildman–Crippen MR) is 71.6 cm³/mol. The van der Waals surface area contributed by atoms with Gasteiger partial charge in [0, 0.05) is 0 Å². The predicted octanol–water partition coefficient (Wildman–Crippen LogP) is 1.46. The number of carbonyl (C=O) groups is 2. The number of likely N-dealkylation sites (tertiary alicyclic amines) is 1. The third-order valence-corrected chi connectivity index (χ3v) is 3.30. The highest BCUT2D eigenvalue weighted by molar-refractivity contribution is 5.73.